The van der Waals surface area contributed by atoms with Crippen LogP contribution in [0.3, 0.4) is 0 Å². The summed E-state index contributed by atoms with van der Waals surface area (Å²) in [6, 6.07) is 11.8. The maximum absolute atomic E-state index is 12.1. The molecule has 5 rings (SSSR count). The first-order valence-electron chi connectivity index (χ1n) is 10.4. The maximum Gasteiger partial charge on any atom is 0.253 e. The number of nitrogens with zero attached hydrogens (tertiary/aromatic N) is 2. The van der Waals surface area contributed by atoms with Gasteiger partial charge in [-0.15, -0.1) is 0 Å². The molecule has 3 aromatic rings. The minimum atomic E-state index is -0.0210. The lowest BCUT2D eigenvalue weighted by Crippen LogP contribution is -2.36. The minimum Gasteiger partial charge on any atom is -0.378 e. The number of benzene rings is 1. The van der Waals surface area contributed by atoms with Crippen molar-refractivity contribution in [2.45, 2.75) is 6.42 Å². The predicted molar refractivity (Wildman–Crippen MR) is 123 cm³/mol. The molecule has 0 radical (unpaired) electrons. The molecule has 0 spiro atoms. The molecule has 6 nitrogen and oxygen atoms in total. The fourth-order valence-electron chi connectivity index (χ4n) is 4.10. The van der Waals surface area contributed by atoms with E-state index in [-0.39, 0.29) is 5.91 Å². The summed E-state index contributed by atoms with van der Waals surface area (Å²) in [7, 11) is 0. The summed E-state index contributed by atoms with van der Waals surface area (Å²) < 4.78 is 5.48. The van der Waals surface area contributed by atoms with E-state index in [2.05, 4.69) is 26.3 Å². The van der Waals surface area contributed by atoms with Gasteiger partial charge >= 0.3 is 0 Å². The predicted octanol–water partition coefficient (Wildman–Crippen LogP) is 4.02. The molecular weight excluding hydrogens is 412 g/mol. The van der Waals surface area contributed by atoms with Crippen molar-refractivity contribution < 1.29 is 9.53 Å². The average molecular weight is 435 g/mol. The minimum absolute atomic E-state index is 0.0210. The van der Waals surface area contributed by atoms with E-state index in [0.29, 0.717) is 11.6 Å². The van der Waals surface area contributed by atoms with Crippen molar-refractivity contribution in [3.8, 4) is 11.3 Å². The lowest BCUT2D eigenvalue weighted by Gasteiger charge is -2.30. The zero-order chi connectivity index (χ0) is 21.2. The zero-order valence-electron chi connectivity index (χ0n) is 17.0. The van der Waals surface area contributed by atoms with Crippen molar-refractivity contribution in [1.82, 2.24) is 15.3 Å². The Bertz CT molecular complexity index is 1150. The van der Waals surface area contributed by atoms with E-state index in [1.165, 1.54) is 0 Å². The van der Waals surface area contributed by atoms with Gasteiger partial charge < -0.3 is 19.9 Å². The van der Waals surface area contributed by atoms with Crippen LogP contribution in [0.5, 0.6) is 0 Å². The number of ether oxygens (including phenoxy) is 1. The summed E-state index contributed by atoms with van der Waals surface area (Å²) in [6.45, 7) is 3.80. The van der Waals surface area contributed by atoms with Gasteiger partial charge in [0.2, 0.25) is 0 Å². The Kier molecular flexibility index (Phi) is 5.49. The highest BCUT2D eigenvalue weighted by atomic mass is 35.5. The first kappa shape index (κ1) is 19.8. The Morgan fingerprint density at radius 1 is 1.13 bits per heavy atom. The number of halogens is 1. The number of carbonyl (C=O) groups is 1. The Hall–Kier alpha value is -3.09. The summed E-state index contributed by atoms with van der Waals surface area (Å²) in [5.74, 6) is -0.0210. The summed E-state index contributed by atoms with van der Waals surface area (Å²) in [6.07, 6.45) is 6.59. The van der Waals surface area contributed by atoms with Crippen molar-refractivity contribution in [2.24, 2.45) is 0 Å². The van der Waals surface area contributed by atoms with E-state index in [0.717, 1.165) is 72.2 Å². The van der Waals surface area contributed by atoms with Crippen molar-refractivity contribution in [3.05, 3.63) is 70.1 Å². The number of pyridine rings is 1. The molecule has 4 heterocycles. The Morgan fingerprint density at radius 3 is 2.84 bits per heavy atom. The second kappa shape index (κ2) is 8.57. The fraction of sp³-hybridized carbons (Fsp3) is 0.250. The monoisotopic (exact) mass is 434 g/mol. The standard InChI is InChI=1S/C24H23ClN4O2/c25-20-2-1-3-23(29-10-12-31-13-11-29)18(20)5-4-17-14-16(6-8-26-17)22-15-19-21(28-22)7-9-27-24(19)30/h1-6,8,14-15,28H,7,9-13H2,(H,27,30). The summed E-state index contributed by atoms with van der Waals surface area (Å²) in [4.78, 5) is 22.3. The van der Waals surface area contributed by atoms with Crippen LogP contribution >= 0.6 is 11.6 Å². The molecule has 0 saturated carbocycles. The first-order valence-corrected chi connectivity index (χ1v) is 10.8. The van der Waals surface area contributed by atoms with Crippen molar-refractivity contribution in [2.75, 3.05) is 37.7 Å². The number of nitrogens with one attached hydrogen (secondary N) is 2. The molecule has 31 heavy (non-hydrogen) atoms. The van der Waals surface area contributed by atoms with Crippen molar-refractivity contribution in [1.29, 1.82) is 0 Å². The normalized spacial score (nSPS) is 16.4. The Labute approximate surface area is 185 Å². The molecule has 158 valence electrons. The van der Waals surface area contributed by atoms with Gasteiger partial charge in [-0.05, 0) is 42.5 Å². The van der Waals surface area contributed by atoms with E-state index < -0.39 is 0 Å². The van der Waals surface area contributed by atoms with E-state index >= 15 is 0 Å². The first-order chi connectivity index (χ1) is 15.2. The molecular formula is C24H23ClN4O2. The van der Waals surface area contributed by atoms with Crippen LogP contribution in [0.2, 0.25) is 5.02 Å². The second-order valence-electron chi connectivity index (χ2n) is 7.66. The number of rotatable bonds is 4. The van der Waals surface area contributed by atoms with E-state index in [1.54, 1.807) is 6.20 Å². The van der Waals surface area contributed by atoms with Gasteiger partial charge in [0.15, 0.2) is 0 Å². The molecule has 2 aromatic heterocycles. The zero-order valence-corrected chi connectivity index (χ0v) is 17.8. The fourth-order valence-corrected chi connectivity index (χ4v) is 4.33. The molecule has 0 atom stereocenters. The highest BCUT2D eigenvalue weighted by Gasteiger charge is 2.20. The van der Waals surface area contributed by atoms with Gasteiger partial charge in [-0.1, -0.05) is 17.7 Å². The van der Waals surface area contributed by atoms with Crippen LogP contribution in [0, 0.1) is 0 Å². The molecule has 1 amide bonds. The molecule has 2 N–H and O–H groups in total. The number of carbonyl (C=O) groups excluding carboxylic acids is 1. The second-order valence-corrected chi connectivity index (χ2v) is 8.06. The highest BCUT2D eigenvalue weighted by Crippen LogP contribution is 2.30. The molecule has 2 aliphatic heterocycles. The number of hydrogen-bond acceptors (Lipinski definition) is 4. The largest absolute Gasteiger partial charge is 0.378 e. The SMILES string of the molecule is O=C1NCCc2[nH]c(-c3ccnc(C=Cc4c(Cl)cccc4N4CCOCC4)c3)cc21. The van der Waals surface area contributed by atoms with E-state index in [9.17, 15) is 4.79 Å². The van der Waals surface area contributed by atoms with Gasteiger partial charge in [-0.2, -0.15) is 0 Å². The Morgan fingerprint density at radius 2 is 2.00 bits per heavy atom. The quantitative estimate of drug-likeness (QED) is 0.650. The number of amides is 1. The molecule has 7 heteroatoms. The number of aromatic nitrogens is 2. The Balaban J connectivity index is 1.44. The third-order valence-electron chi connectivity index (χ3n) is 5.70. The number of morpholine rings is 1. The number of hydrogen-bond donors (Lipinski definition) is 2. The molecule has 0 aliphatic carbocycles. The van der Waals surface area contributed by atoms with Gasteiger partial charge in [0.05, 0.1) is 24.5 Å². The van der Waals surface area contributed by atoms with E-state index in [1.807, 2.05) is 42.5 Å². The number of aromatic amines is 1. The molecule has 0 unspecified atom stereocenters. The van der Waals surface area contributed by atoms with Gasteiger partial charge in [0, 0.05) is 65.5 Å². The summed E-state index contributed by atoms with van der Waals surface area (Å²) >= 11 is 6.54. The van der Waals surface area contributed by atoms with Crippen LogP contribution in [-0.2, 0) is 11.2 Å². The third kappa shape index (κ3) is 4.09. The summed E-state index contributed by atoms with van der Waals surface area (Å²) in [5.41, 5.74) is 6.52. The highest BCUT2D eigenvalue weighted by molar-refractivity contribution is 6.32. The number of fused-ring (bicyclic) bond motifs is 1. The average Bonchev–Trinajstić information content (AvgIpc) is 3.25. The van der Waals surface area contributed by atoms with E-state index in [4.69, 9.17) is 16.3 Å². The van der Waals surface area contributed by atoms with Gasteiger partial charge in [0.25, 0.3) is 5.91 Å². The smallest absolute Gasteiger partial charge is 0.253 e. The molecule has 1 saturated heterocycles. The van der Waals surface area contributed by atoms with Crippen LogP contribution in [0.1, 0.15) is 27.3 Å². The van der Waals surface area contributed by atoms with Crippen LogP contribution < -0.4 is 10.2 Å². The molecule has 1 aromatic carbocycles. The van der Waals surface area contributed by atoms with Crippen LogP contribution in [0.25, 0.3) is 23.4 Å². The van der Waals surface area contributed by atoms with Crippen molar-refractivity contribution in [3.63, 3.8) is 0 Å². The molecule has 1 fully saturated rings. The van der Waals surface area contributed by atoms with Crippen LogP contribution in [0.4, 0.5) is 5.69 Å². The number of H-pyrrole nitrogens is 1. The lowest BCUT2D eigenvalue weighted by molar-refractivity contribution is 0.0946. The maximum atomic E-state index is 12.1. The molecule has 0 bridgehead atoms. The number of anilines is 1. The van der Waals surface area contributed by atoms with Crippen LogP contribution in [-0.4, -0.2) is 48.7 Å². The van der Waals surface area contributed by atoms with Crippen molar-refractivity contribution >= 4 is 35.3 Å². The topological polar surface area (TPSA) is 70.2 Å². The lowest BCUT2D eigenvalue weighted by atomic mass is 10.1. The third-order valence-corrected chi connectivity index (χ3v) is 6.03. The van der Waals surface area contributed by atoms with Gasteiger partial charge in [-0.3, -0.25) is 9.78 Å². The van der Waals surface area contributed by atoms with Crippen LogP contribution in [0.15, 0.2) is 42.6 Å². The summed E-state index contributed by atoms with van der Waals surface area (Å²) in [5, 5.41) is 3.59. The van der Waals surface area contributed by atoms with Gasteiger partial charge in [-0.25, -0.2) is 0 Å². The molecule has 2 aliphatic rings. The van der Waals surface area contributed by atoms with Gasteiger partial charge in [0.1, 0.15) is 0 Å².